The van der Waals surface area contributed by atoms with Crippen molar-refractivity contribution in [3.05, 3.63) is 28.2 Å². The van der Waals surface area contributed by atoms with Crippen LogP contribution in [-0.4, -0.2) is 68.1 Å². The van der Waals surface area contributed by atoms with Crippen molar-refractivity contribution in [1.82, 2.24) is 15.1 Å². The second kappa shape index (κ2) is 6.34. The maximum Gasteiger partial charge on any atom is 0.257 e. The van der Waals surface area contributed by atoms with Crippen molar-refractivity contribution in [1.29, 1.82) is 0 Å². The molecule has 6 heteroatoms. The van der Waals surface area contributed by atoms with Crippen LogP contribution in [-0.2, 0) is 0 Å². The SMILES string of the molecule is COc1cc(Br)ccc1C(=O)N1CCN(C2CNC2)CC1. The van der Waals surface area contributed by atoms with E-state index in [1.54, 1.807) is 7.11 Å². The molecule has 1 N–H and O–H groups in total. The minimum absolute atomic E-state index is 0.0609. The molecule has 1 aromatic carbocycles. The lowest BCUT2D eigenvalue weighted by atomic mass is 10.1. The van der Waals surface area contributed by atoms with Crippen LogP contribution in [0.25, 0.3) is 0 Å². The van der Waals surface area contributed by atoms with Gasteiger partial charge in [0.15, 0.2) is 0 Å². The Bertz CT molecular complexity index is 526. The summed E-state index contributed by atoms with van der Waals surface area (Å²) >= 11 is 3.40. The van der Waals surface area contributed by atoms with Gasteiger partial charge in [-0.1, -0.05) is 15.9 Å². The molecule has 0 aromatic heterocycles. The number of hydrogen-bond acceptors (Lipinski definition) is 4. The minimum atomic E-state index is 0.0609. The third-order valence-electron chi connectivity index (χ3n) is 4.27. The lowest BCUT2D eigenvalue weighted by Crippen LogP contribution is -2.62. The Kier molecular flexibility index (Phi) is 4.47. The van der Waals surface area contributed by atoms with Crippen LogP contribution >= 0.6 is 15.9 Å². The maximum absolute atomic E-state index is 12.7. The Morgan fingerprint density at radius 3 is 2.57 bits per heavy atom. The molecule has 2 aliphatic rings. The standard InChI is InChI=1S/C15H20BrN3O2/c1-21-14-8-11(16)2-3-13(14)15(20)19-6-4-18(5-7-19)12-9-17-10-12/h2-3,8,12,17H,4-7,9-10H2,1H3. The summed E-state index contributed by atoms with van der Waals surface area (Å²) < 4.78 is 6.24. The summed E-state index contributed by atoms with van der Waals surface area (Å²) in [6, 6.07) is 6.20. The van der Waals surface area contributed by atoms with Crippen molar-refractivity contribution in [3.63, 3.8) is 0 Å². The highest BCUT2D eigenvalue weighted by atomic mass is 79.9. The summed E-state index contributed by atoms with van der Waals surface area (Å²) in [5.41, 5.74) is 0.638. The third kappa shape index (κ3) is 3.07. The van der Waals surface area contributed by atoms with Gasteiger partial charge in [0.25, 0.3) is 5.91 Å². The van der Waals surface area contributed by atoms with E-state index in [0.29, 0.717) is 17.4 Å². The van der Waals surface area contributed by atoms with Gasteiger partial charge in [-0.15, -0.1) is 0 Å². The number of carbonyl (C=O) groups is 1. The van der Waals surface area contributed by atoms with Gasteiger partial charge in [-0.3, -0.25) is 9.69 Å². The Morgan fingerprint density at radius 1 is 1.29 bits per heavy atom. The molecule has 2 aliphatic heterocycles. The lowest BCUT2D eigenvalue weighted by molar-refractivity contribution is 0.0499. The van der Waals surface area contributed by atoms with Crippen molar-refractivity contribution in [2.45, 2.75) is 6.04 Å². The Morgan fingerprint density at radius 2 is 2.00 bits per heavy atom. The van der Waals surface area contributed by atoms with Crippen LogP contribution in [0.3, 0.4) is 0 Å². The summed E-state index contributed by atoms with van der Waals surface area (Å²) in [6.45, 7) is 5.64. The van der Waals surface area contributed by atoms with Crippen molar-refractivity contribution in [2.75, 3.05) is 46.4 Å². The molecule has 5 nitrogen and oxygen atoms in total. The molecule has 0 bridgehead atoms. The predicted molar refractivity (Wildman–Crippen MR) is 84.8 cm³/mol. The Balaban J connectivity index is 1.66. The number of rotatable bonds is 3. The smallest absolute Gasteiger partial charge is 0.257 e. The second-order valence-electron chi connectivity index (χ2n) is 5.48. The van der Waals surface area contributed by atoms with Crippen molar-refractivity contribution in [2.24, 2.45) is 0 Å². The molecule has 0 atom stereocenters. The molecule has 0 spiro atoms. The van der Waals surface area contributed by atoms with Crippen LogP contribution < -0.4 is 10.1 Å². The average molecular weight is 354 g/mol. The first-order valence-corrected chi connectivity index (χ1v) is 8.06. The summed E-state index contributed by atoms with van der Waals surface area (Å²) in [5, 5.41) is 3.30. The number of nitrogens with one attached hydrogen (secondary N) is 1. The third-order valence-corrected chi connectivity index (χ3v) is 4.77. The summed E-state index contributed by atoms with van der Waals surface area (Å²) in [7, 11) is 1.60. The quantitative estimate of drug-likeness (QED) is 0.886. The van der Waals surface area contributed by atoms with Crippen LogP contribution in [0.15, 0.2) is 22.7 Å². The fraction of sp³-hybridized carbons (Fsp3) is 0.533. The van der Waals surface area contributed by atoms with Crippen LogP contribution in [0.2, 0.25) is 0 Å². The van der Waals surface area contributed by atoms with E-state index in [2.05, 4.69) is 26.1 Å². The Hall–Kier alpha value is -1.11. The maximum atomic E-state index is 12.7. The van der Waals surface area contributed by atoms with Gasteiger partial charge in [0.1, 0.15) is 5.75 Å². The van der Waals surface area contributed by atoms with Crippen LogP contribution in [0.5, 0.6) is 5.75 Å². The zero-order chi connectivity index (χ0) is 14.8. The van der Waals surface area contributed by atoms with Gasteiger partial charge in [-0.2, -0.15) is 0 Å². The Labute approximate surface area is 133 Å². The van der Waals surface area contributed by atoms with Gasteiger partial charge >= 0.3 is 0 Å². The second-order valence-corrected chi connectivity index (χ2v) is 6.40. The van der Waals surface area contributed by atoms with Crippen molar-refractivity contribution < 1.29 is 9.53 Å². The van der Waals surface area contributed by atoms with Crippen LogP contribution in [0, 0.1) is 0 Å². The highest BCUT2D eigenvalue weighted by Crippen LogP contribution is 2.25. The lowest BCUT2D eigenvalue weighted by Gasteiger charge is -2.43. The van der Waals surface area contributed by atoms with E-state index in [4.69, 9.17) is 4.74 Å². The molecule has 114 valence electrons. The molecule has 0 unspecified atom stereocenters. The highest BCUT2D eigenvalue weighted by Gasteiger charge is 2.30. The minimum Gasteiger partial charge on any atom is -0.496 e. The normalized spacial score (nSPS) is 20.2. The van der Waals surface area contributed by atoms with Gasteiger partial charge in [0.2, 0.25) is 0 Å². The van der Waals surface area contributed by atoms with Gasteiger partial charge in [0.05, 0.1) is 12.7 Å². The zero-order valence-electron chi connectivity index (χ0n) is 12.1. The van der Waals surface area contributed by atoms with Crippen molar-refractivity contribution in [3.8, 4) is 5.75 Å². The van der Waals surface area contributed by atoms with E-state index in [0.717, 1.165) is 43.7 Å². The fourth-order valence-electron chi connectivity index (χ4n) is 2.83. The number of piperazine rings is 1. The first-order chi connectivity index (χ1) is 10.2. The van der Waals surface area contributed by atoms with E-state index < -0.39 is 0 Å². The number of methoxy groups -OCH3 is 1. The zero-order valence-corrected chi connectivity index (χ0v) is 13.7. The molecule has 3 rings (SSSR count). The number of ether oxygens (including phenoxy) is 1. The number of carbonyl (C=O) groups excluding carboxylic acids is 1. The summed E-state index contributed by atoms with van der Waals surface area (Å²) in [4.78, 5) is 17.0. The summed E-state index contributed by atoms with van der Waals surface area (Å²) in [6.07, 6.45) is 0. The van der Waals surface area contributed by atoms with Crippen LogP contribution in [0.4, 0.5) is 0 Å². The van der Waals surface area contributed by atoms with Gasteiger partial charge in [-0.05, 0) is 18.2 Å². The molecule has 0 saturated carbocycles. The van der Waals surface area contributed by atoms with Crippen LogP contribution in [0.1, 0.15) is 10.4 Å². The molecule has 21 heavy (non-hydrogen) atoms. The first kappa shape index (κ1) is 14.8. The molecule has 1 aromatic rings. The average Bonchev–Trinajstić information content (AvgIpc) is 2.45. The molecule has 0 aliphatic carbocycles. The fourth-order valence-corrected chi connectivity index (χ4v) is 3.17. The largest absolute Gasteiger partial charge is 0.496 e. The highest BCUT2D eigenvalue weighted by molar-refractivity contribution is 9.10. The molecule has 2 saturated heterocycles. The van der Waals surface area contributed by atoms with E-state index in [9.17, 15) is 4.79 Å². The van der Waals surface area contributed by atoms with E-state index in [1.165, 1.54) is 0 Å². The van der Waals surface area contributed by atoms with E-state index in [1.807, 2.05) is 23.1 Å². The number of halogens is 1. The van der Waals surface area contributed by atoms with E-state index in [-0.39, 0.29) is 5.91 Å². The first-order valence-electron chi connectivity index (χ1n) is 7.26. The van der Waals surface area contributed by atoms with Gasteiger partial charge in [-0.25, -0.2) is 0 Å². The molecule has 2 fully saturated rings. The molecule has 2 heterocycles. The van der Waals surface area contributed by atoms with Gasteiger partial charge in [0, 0.05) is 49.8 Å². The van der Waals surface area contributed by atoms with Gasteiger partial charge < -0.3 is 15.0 Å². The molecular weight excluding hydrogens is 334 g/mol. The molecular formula is C15H20BrN3O2. The number of benzene rings is 1. The molecule has 0 radical (unpaired) electrons. The summed E-state index contributed by atoms with van der Waals surface area (Å²) in [5.74, 6) is 0.686. The number of hydrogen-bond donors (Lipinski definition) is 1. The predicted octanol–water partition coefficient (Wildman–Crippen LogP) is 1.19. The number of amides is 1. The molecule has 1 amide bonds. The topological polar surface area (TPSA) is 44.8 Å². The monoisotopic (exact) mass is 353 g/mol. The number of nitrogens with zero attached hydrogens (tertiary/aromatic N) is 2. The van der Waals surface area contributed by atoms with E-state index >= 15 is 0 Å². The van der Waals surface area contributed by atoms with Crippen molar-refractivity contribution >= 4 is 21.8 Å².